The van der Waals surface area contributed by atoms with Crippen LogP contribution in [-0.2, 0) is 0 Å². The average Bonchev–Trinajstić information content (AvgIpc) is 3.10. The quantitative estimate of drug-likeness (QED) is 0.389. The molecule has 0 radical (unpaired) electrons. The van der Waals surface area contributed by atoms with Gasteiger partial charge in [-0.05, 0) is 32.0 Å². The third-order valence-electron chi connectivity index (χ3n) is 3.51. The van der Waals surface area contributed by atoms with E-state index in [9.17, 15) is 14.9 Å². The van der Waals surface area contributed by atoms with Crippen LogP contribution in [0.5, 0.6) is 0 Å². The number of hydrogen-bond acceptors (Lipinski definition) is 6. The molecule has 8 heteroatoms. The zero-order chi connectivity index (χ0) is 17.4. The molecule has 0 fully saturated rings. The number of carbonyl (C=O) groups is 1. The first-order valence-electron chi connectivity index (χ1n) is 6.93. The number of nitro benzene ring substituents is 1. The van der Waals surface area contributed by atoms with Gasteiger partial charge < -0.3 is 0 Å². The van der Waals surface area contributed by atoms with E-state index < -0.39 is 4.92 Å². The van der Waals surface area contributed by atoms with Crippen molar-refractivity contribution in [1.82, 2.24) is 4.98 Å². The minimum absolute atomic E-state index is 0.0532. The smallest absolute Gasteiger partial charge is 0.269 e. The number of carbonyl (C=O) groups excluding carboxylic acids is 1. The van der Waals surface area contributed by atoms with E-state index in [0.29, 0.717) is 4.88 Å². The number of hydrogen-bond donors (Lipinski definition) is 1. The van der Waals surface area contributed by atoms with E-state index in [1.54, 1.807) is 12.1 Å². The summed E-state index contributed by atoms with van der Waals surface area (Å²) < 4.78 is 0. The van der Waals surface area contributed by atoms with Crippen LogP contribution in [0.2, 0.25) is 0 Å². The standard InChI is InChI=1S/C16H12N2O3S3/c1-8-12(7-13(23-8)16(19)22)15-17-14(9(2)24-15)10-3-5-11(6-4-10)18(20)21/h3-7H,1-2H3,(H,19,22). The molecule has 2 heterocycles. The summed E-state index contributed by atoms with van der Waals surface area (Å²) in [6, 6.07) is 8.16. The van der Waals surface area contributed by atoms with Crippen LogP contribution >= 0.6 is 35.3 Å². The van der Waals surface area contributed by atoms with Gasteiger partial charge in [0.1, 0.15) is 5.01 Å². The molecule has 0 atom stereocenters. The van der Waals surface area contributed by atoms with Gasteiger partial charge in [0.15, 0.2) is 0 Å². The summed E-state index contributed by atoms with van der Waals surface area (Å²) in [6.07, 6.45) is 0. The summed E-state index contributed by atoms with van der Waals surface area (Å²) in [7, 11) is 0. The van der Waals surface area contributed by atoms with Gasteiger partial charge in [-0.3, -0.25) is 14.9 Å². The minimum Gasteiger partial charge on any atom is -0.281 e. The molecular weight excluding hydrogens is 364 g/mol. The van der Waals surface area contributed by atoms with Crippen molar-refractivity contribution in [3.05, 3.63) is 55.1 Å². The lowest BCUT2D eigenvalue weighted by Crippen LogP contribution is -1.88. The van der Waals surface area contributed by atoms with E-state index in [1.165, 1.54) is 34.8 Å². The number of nitro groups is 1. The number of rotatable bonds is 4. The molecule has 0 unspecified atom stereocenters. The average molecular weight is 376 g/mol. The molecule has 0 aliphatic heterocycles. The molecule has 0 spiro atoms. The van der Waals surface area contributed by atoms with Crippen molar-refractivity contribution < 1.29 is 9.72 Å². The zero-order valence-electron chi connectivity index (χ0n) is 12.8. The Kier molecular flexibility index (Phi) is 4.53. The van der Waals surface area contributed by atoms with Crippen molar-refractivity contribution in [2.24, 2.45) is 0 Å². The van der Waals surface area contributed by atoms with Gasteiger partial charge in [-0.2, -0.15) is 0 Å². The zero-order valence-corrected chi connectivity index (χ0v) is 15.3. The molecule has 24 heavy (non-hydrogen) atoms. The predicted molar refractivity (Wildman–Crippen MR) is 100 cm³/mol. The Morgan fingerprint density at radius 1 is 1.17 bits per heavy atom. The molecule has 3 aromatic rings. The Balaban J connectivity index is 2.01. The third kappa shape index (κ3) is 3.12. The summed E-state index contributed by atoms with van der Waals surface area (Å²) in [4.78, 5) is 29.1. The molecule has 0 aliphatic rings. The third-order valence-corrected chi connectivity index (χ3v) is 5.95. The van der Waals surface area contributed by atoms with Gasteiger partial charge in [-0.25, -0.2) is 4.98 Å². The molecule has 5 nitrogen and oxygen atoms in total. The Bertz CT molecular complexity index is 942. The first kappa shape index (κ1) is 16.8. The van der Waals surface area contributed by atoms with Crippen LogP contribution < -0.4 is 0 Å². The van der Waals surface area contributed by atoms with Gasteiger partial charge in [0.05, 0.1) is 15.5 Å². The topological polar surface area (TPSA) is 73.1 Å². The molecule has 0 bridgehead atoms. The predicted octanol–water partition coefficient (Wildman–Crippen LogP) is 5.13. The number of non-ortho nitro benzene ring substituents is 1. The highest BCUT2D eigenvalue weighted by Gasteiger charge is 2.17. The second-order valence-electron chi connectivity index (χ2n) is 5.11. The normalized spacial score (nSPS) is 10.8. The molecule has 1 aromatic carbocycles. The summed E-state index contributed by atoms with van der Waals surface area (Å²) in [5.41, 5.74) is 2.62. The van der Waals surface area contributed by atoms with Crippen LogP contribution in [-0.4, -0.2) is 15.0 Å². The lowest BCUT2D eigenvalue weighted by atomic mass is 10.1. The number of thiol groups is 1. The van der Waals surface area contributed by atoms with Gasteiger partial charge in [-0.1, -0.05) is 12.6 Å². The van der Waals surface area contributed by atoms with Crippen molar-refractivity contribution in [3.8, 4) is 21.8 Å². The van der Waals surface area contributed by atoms with Crippen LogP contribution in [0.1, 0.15) is 19.4 Å². The molecule has 0 aliphatic carbocycles. The van der Waals surface area contributed by atoms with E-state index in [4.69, 9.17) is 0 Å². The Morgan fingerprint density at radius 2 is 1.83 bits per heavy atom. The second kappa shape index (κ2) is 6.46. The van der Waals surface area contributed by atoms with Crippen LogP contribution in [0, 0.1) is 24.0 Å². The molecule has 2 aromatic heterocycles. The van der Waals surface area contributed by atoms with Crippen molar-refractivity contribution in [3.63, 3.8) is 0 Å². The molecule has 0 saturated carbocycles. The fraction of sp³-hybridized carbons (Fsp3) is 0.125. The SMILES string of the molecule is Cc1sc(C(=O)S)cc1-c1nc(-c2ccc([N+](=O)[O-])cc2)c(C)s1. The van der Waals surface area contributed by atoms with Crippen LogP contribution in [0.4, 0.5) is 5.69 Å². The number of thiazole rings is 1. The van der Waals surface area contributed by atoms with E-state index in [0.717, 1.165) is 31.6 Å². The van der Waals surface area contributed by atoms with E-state index in [2.05, 4.69) is 17.6 Å². The van der Waals surface area contributed by atoms with Gasteiger partial charge in [0, 0.05) is 33.0 Å². The Morgan fingerprint density at radius 3 is 2.38 bits per heavy atom. The van der Waals surface area contributed by atoms with Crippen LogP contribution in [0.15, 0.2) is 30.3 Å². The fourth-order valence-electron chi connectivity index (χ4n) is 2.32. The molecule has 0 saturated heterocycles. The van der Waals surface area contributed by atoms with Crippen LogP contribution in [0.25, 0.3) is 21.8 Å². The van der Waals surface area contributed by atoms with E-state index in [1.807, 2.05) is 19.9 Å². The molecule has 0 amide bonds. The number of thiophene rings is 1. The highest BCUT2D eigenvalue weighted by molar-refractivity contribution is 7.97. The first-order chi connectivity index (χ1) is 11.4. The largest absolute Gasteiger partial charge is 0.281 e. The second-order valence-corrected chi connectivity index (χ2v) is 7.98. The van der Waals surface area contributed by atoms with Gasteiger partial charge in [0.25, 0.3) is 5.69 Å². The summed E-state index contributed by atoms with van der Waals surface area (Å²) in [5, 5.41) is 11.3. The maximum Gasteiger partial charge on any atom is 0.269 e. The lowest BCUT2D eigenvalue weighted by Gasteiger charge is -1.98. The maximum absolute atomic E-state index is 11.4. The highest BCUT2D eigenvalue weighted by atomic mass is 32.1. The highest BCUT2D eigenvalue weighted by Crippen LogP contribution is 2.38. The monoisotopic (exact) mass is 376 g/mol. The lowest BCUT2D eigenvalue weighted by molar-refractivity contribution is -0.384. The molecule has 3 rings (SSSR count). The summed E-state index contributed by atoms with van der Waals surface area (Å²) in [5.74, 6) is 0. The maximum atomic E-state index is 11.4. The first-order valence-corrected chi connectivity index (χ1v) is 9.01. The van der Waals surface area contributed by atoms with Gasteiger partial charge >= 0.3 is 0 Å². The molecule has 0 N–H and O–H groups in total. The fourth-order valence-corrected chi connectivity index (χ4v) is 4.45. The number of aryl methyl sites for hydroxylation is 2. The number of nitrogens with zero attached hydrogens (tertiary/aromatic N) is 2. The van der Waals surface area contributed by atoms with E-state index >= 15 is 0 Å². The summed E-state index contributed by atoms with van der Waals surface area (Å²) >= 11 is 6.81. The Labute approximate surface area is 151 Å². The number of aromatic nitrogens is 1. The van der Waals surface area contributed by atoms with Crippen LogP contribution in [0.3, 0.4) is 0 Å². The number of benzene rings is 1. The van der Waals surface area contributed by atoms with Crippen molar-refractivity contribution in [2.75, 3.05) is 0 Å². The minimum atomic E-state index is -0.423. The molecular formula is C16H12N2O3S3. The van der Waals surface area contributed by atoms with E-state index in [-0.39, 0.29) is 10.8 Å². The Hall–Kier alpha value is -2.03. The van der Waals surface area contributed by atoms with Crippen molar-refractivity contribution >= 4 is 46.1 Å². The molecule has 122 valence electrons. The summed E-state index contributed by atoms with van der Waals surface area (Å²) in [6.45, 7) is 3.91. The van der Waals surface area contributed by atoms with Gasteiger partial charge in [0.2, 0.25) is 5.12 Å². The van der Waals surface area contributed by atoms with Gasteiger partial charge in [-0.15, -0.1) is 22.7 Å². The van der Waals surface area contributed by atoms with Crippen molar-refractivity contribution in [2.45, 2.75) is 13.8 Å². The van der Waals surface area contributed by atoms with Crippen molar-refractivity contribution in [1.29, 1.82) is 0 Å².